The molecule has 2 N–H and O–H groups in total. The van der Waals surface area contributed by atoms with Crippen LogP contribution in [0.5, 0.6) is 0 Å². The summed E-state index contributed by atoms with van der Waals surface area (Å²) in [6, 6.07) is 10.6. The topological polar surface area (TPSA) is 61.4 Å². The van der Waals surface area contributed by atoms with Gasteiger partial charge in [0.15, 0.2) is 0 Å². The zero-order chi connectivity index (χ0) is 20.8. The summed E-state index contributed by atoms with van der Waals surface area (Å²) in [7, 11) is 0. The average Bonchev–Trinajstić information content (AvgIpc) is 2.89. The molecule has 3 saturated heterocycles. The van der Waals surface area contributed by atoms with Crippen LogP contribution in [0.4, 0.5) is 0 Å². The van der Waals surface area contributed by atoms with Gasteiger partial charge in [-0.2, -0.15) is 0 Å². The molecule has 1 aliphatic carbocycles. The Labute approximate surface area is 174 Å². The molecule has 5 rings (SSSR count). The second-order valence-electron chi connectivity index (χ2n) is 10.2. The van der Waals surface area contributed by atoms with Crippen LogP contribution in [0, 0.1) is 29.6 Å². The largest absolute Gasteiger partial charge is 0.354 e. The third-order valence-electron chi connectivity index (χ3n) is 7.11. The van der Waals surface area contributed by atoms with Crippen molar-refractivity contribution in [3.8, 4) is 0 Å². The van der Waals surface area contributed by atoms with Gasteiger partial charge in [0.25, 0.3) is 0 Å². The lowest BCUT2D eigenvalue weighted by atomic mass is 9.57. The van der Waals surface area contributed by atoms with Crippen molar-refractivity contribution in [1.29, 1.82) is 0 Å². The molecule has 0 spiro atoms. The van der Waals surface area contributed by atoms with Gasteiger partial charge in [-0.3, -0.25) is 14.5 Å². The SMILES string of the molecule is CC(C)CNC(=O)C12NC(=O)C3CC1CN(Cc1ccccc1)C2C3CC(C)C. The number of likely N-dealkylation sites (tertiary alicyclic amines) is 1. The summed E-state index contributed by atoms with van der Waals surface area (Å²) in [6.45, 7) is 11.0. The van der Waals surface area contributed by atoms with Crippen LogP contribution in [0.15, 0.2) is 30.3 Å². The number of amides is 2. The van der Waals surface area contributed by atoms with E-state index in [1.165, 1.54) is 5.56 Å². The van der Waals surface area contributed by atoms with E-state index in [0.29, 0.717) is 18.4 Å². The highest BCUT2D eigenvalue weighted by molar-refractivity contribution is 5.97. The van der Waals surface area contributed by atoms with Gasteiger partial charge in [-0.25, -0.2) is 0 Å². The number of fused-ring (bicyclic) bond motifs is 1. The number of carbonyl (C=O) groups excluding carboxylic acids is 2. The van der Waals surface area contributed by atoms with Gasteiger partial charge in [0, 0.05) is 37.5 Å². The number of nitrogens with one attached hydrogen (secondary N) is 2. The van der Waals surface area contributed by atoms with E-state index in [4.69, 9.17) is 0 Å². The molecule has 1 aromatic carbocycles. The molecule has 0 radical (unpaired) electrons. The molecule has 4 bridgehead atoms. The van der Waals surface area contributed by atoms with Gasteiger partial charge in [0.05, 0.1) is 0 Å². The fourth-order valence-electron chi connectivity index (χ4n) is 6.05. The fourth-order valence-corrected chi connectivity index (χ4v) is 6.05. The first kappa shape index (κ1) is 20.4. The molecular formula is C24H35N3O2. The summed E-state index contributed by atoms with van der Waals surface area (Å²) in [5, 5.41) is 6.41. The minimum absolute atomic E-state index is 0.0250. The Hall–Kier alpha value is -1.88. The number of hydrogen-bond acceptors (Lipinski definition) is 3. The van der Waals surface area contributed by atoms with Gasteiger partial charge in [0.1, 0.15) is 5.54 Å². The first-order valence-corrected chi connectivity index (χ1v) is 11.2. The van der Waals surface area contributed by atoms with Gasteiger partial charge >= 0.3 is 0 Å². The molecule has 2 amide bonds. The molecule has 5 nitrogen and oxygen atoms in total. The van der Waals surface area contributed by atoms with Gasteiger partial charge < -0.3 is 10.6 Å². The van der Waals surface area contributed by atoms with Gasteiger partial charge in [-0.1, -0.05) is 58.0 Å². The Kier molecular flexibility index (Phi) is 5.45. The Bertz CT molecular complexity index is 763. The number of nitrogens with zero attached hydrogens (tertiary/aromatic N) is 1. The van der Waals surface area contributed by atoms with Crippen molar-refractivity contribution in [1.82, 2.24) is 15.5 Å². The van der Waals surface area contributed by atoms with Gasteiger partial charge in [0.2, 0.25) is 11.8 Å². The number of rotatable bonds is 7. The molecular weight excluding hydrogens is 362 g/mol. The van der Waals surface area contributed by atoms with E-state index in [2.05, 4.69) is 67.5 Å². The molecule has 29 heavy (non-hydrogen) atoms. The molecule has 1 aromatic rings. The van der Waals surface area contributed by atoms with Crippen LogP contribution < -0.4 is 10.6 Å². The van der Waals surface area contributed by atoms with Crippen molar-refractivity contribution in [2.75, 3.05) is 13.1 Å². The van der Waals surface area contributed by atoms with E-state index in [9.17, 15) is 9.59 Å². The van der Waals surface area contributed by atoms with Crippen molar-refractivity contribution in [3.05, 3.63) is 35.9 Å². The normalized spacial score (nSPS) is 33.4. The van der Waals surface area contributed by atoms with Crippen molar-refractivity contribution >= 4 is 11.8 Å². The number of carbonyl (C=O) groups is 2. The van der Waals surface area contributed by atoms with E-state index in [0.717, 1.165) is 25.9 Å². The standard InChI is InChI=1S/C24H35N3O2/c1-15(2)10-19-20-11-18-14-27(13-17-8-6-5-7-9-17)21(19)24(18,26-22(20)28)23(29)25-12-16(3)4/h5-9,15-16,18-21H,10-14H2,1-4H3,(H,25,29)(H,26,28). The summed E-state index contributed by atoms with van der Waals surface area (Å²) in [5.74, 6) is 1.45. The maximum Gasteiger partial charge on any atom is 0.247 e. The highest BCUT2D eigenvalue weighted by atomic mass is 16.2. The van der Waals surface area contributed by atoms with Crippen LogP contribution in [-0.4, -0.2) is 41.4 Å². The lowest BCUT2D eigenvalue weighted by Gasteiger charge is -2.55. The van der Waals surface area contributed by atoms with Crippen molar-refractivity contribution in [2.24, 2.45) is 29.6 Å². The molecule has 4 fully saturated rings. The smallest absolute Gasteiger partial charge is 0.247 e. The molecule has 5 atom stereocenters. The maximum atomic E-state index is 13.6. The quantitative estimate of drug-likeness (QED) is 0.744. The summed E-state index contributed by atoms with van der Waals surface area (Å²) in [5.41, 5.74) is 0.484. The van der Waals surface area contributed by atoms with E-state index >= 15 is 0 Å². The zero-order valence-corrected chi connectivity index (χ0v) is 18.2. The maximum absolute atomic E-state index is 13.6. The lowest BCUT2D eigenvalue weighted by molar-refractivity contribution is -0.155. The summed E-state index contributed by atoms with van der Waals surface area (Å²) in [6.07, 6.45) is 1.82. The monoisotopic (exact) mass is 397 g/mol. The fraction of sp³-hybridized carbons (Fsp3) is 0.667. The molecule has 158 valence electrons. The molecule has 1 saturated carbocycles. The van der Waals surface area contributed by atoms with Crippen molar-refractivity contribution < 1.29 is 9.59 Å². The minimum Gasteiger partial charge on any atom is -0.354 e. The highest BCUT2D eigenvalue weighted by Crippen LogP contribution is 2.54. The van der Waals surface area contributed by atoms with Crippen molar-refractivity contribution in [2.45, 2.75) is 58.7 Å². The van der Waals surface area contributed by atoms with Crippen molar-refractivity contribution in [3.63, 3.8) is 0 Å². The Morgan fingerprint density at radius 1 is 1.21 bits per heavy atom. The number of hydrogen-bond donors (Lipinski definition) is 2. The first-order valence-electron chi connectivity index (χ1n) is 11.2. The average molecular weight is 398 g/mol. The second kappa shape index (κ2) is 7.75. The molecule has 3 aliphatic heterocycles. The Balaban J connectivity index is 1.69. The highest BCUT2D eigenvalue weighted by Gasteiger charge is 2.70. The predicted molar refractivity (Wildman–Crippen MR) is 114 cm³/mol. The van der Waals surface area contributed by atoms with Crippen LogP contribution >= 0.6 is 0 Å². The van der Waals surface area contributed by atoms with E-state index < -0.39 is 5.54 Å². The Morgan fingerprint density at radius 2 is 1.93 bits per heavy atom. The summed E-state index contributed by atoms with van der Waals surface area (Å²) >= 11 is 0. The van der Waals surface area contributed by atoms with Gasteiger partial charge in [-0.05, 0) is 36.2 Å². The third-order valence-corrected chi connectivity index (χ3v) is 7.11. The molecule has 5 heteroatoms. The lowest BCUT2D eigenvalue weighted by Crippen LogP contribution is -2.77. The second-order valence-corrected chi connectivity index (χ2v) is 10.2. The van der Waals surface area contributed by atoms with Crippen LogP contribution in [0.25, 0.3) is 0 Å². The molecule has 0 aromatic heterocycles. The molecule has 4 aliphatic rings. The van der Waals surface area contributed by atoms with E-state index in [-0.39, 0.29) is 35.6 Å². The molecule has 5 unspecified atom stereocenters. The van der Waals surface area contributed by atoms with Gasteiger partial charge in [-0.15, -0.1) is 0 Å². The van der Waals surface area contributed by atoms with E-state index in [1.54, 1.807) is 0 Å². The van der Waals surface area contributed by atoms with Crippen LogP contribution in [0.2, 0.25) is 0 Å². The third kappa shape index (κ3) is 3.48. The number of benzene rings is 1. The van der Waals surface area contributed by atoms with Crippen LogP contribution in [-0.2, 0) is 16.1 Å². The van der Waals surface area contributed by atoms with E-state index in [1.807, 2.05) is 6.07 Å². The Morgan fingerprint density at radius 3 is 2.59 bits per heavy atom. The first-order chi connectivity index (χ1) is 13.8. The van der Waals surface area contributed by atoms with Crippen LogP contribution in [0.3, 0.4) is 0 Å². The zero-order valence-electron chi connectivity index (χ0n) is 18.2. The minimum atomic E-state index is -0.783. The summed E-state index contributed by atoms with van der Waals surface area (Å²) in [4.78, 5) is 29.0. The number of piperidine rings is 2. The molecule has 3 heterocycles. The van der Waals surface area contributed by atoms with Crippen LogP contribution in [0.1, 0.15) is 46.1 Å². The predicted octanol–water partition coefficient (Wildman–Crippen LogP) is 2.81. The summed E-state index contributed by atoms with van der Waals surface area (Å²) < 4.78 is 0.